The van der Waals surface area contributed by atoms with Gasteiger partial charge in [-0.2, -0.15) is 0 Å². The summed E-state index contributed by atoms with van der Waals surface area (Å²) in [5.74, 6) is 0. The van der Waals surface area contributed by atoms with Crippen molar-refractivity contribution in [2.24, 2.45) is 7.05 Å². The Balaban J connectivity index is 1.44. The number of fused-ring (bicyclic) bond motifs is 1. The van der Waals surface area contributed by atoms with Crippen LogP contribution in [0.2, 0.25) is 0 Å². The van der Waals surface area contributed by atoms with E-state index in [-0.39, 0.29) is 0 Å². The van der Waals surface area contributed by atoms with Gasteiger partial charge in [0, 0.05) is 40.3 Å². The van der Waals surface area contributed by atoms with Gasteiger partial charge >= 0.3 is 0 Å². The third-order valence-corrected chi connectivity index (χ3v) is 7.21. The first-order valence-electron chi connectivity index (χ1n) is 9.60. The lowest BCUT2D eigenvalue weighted by atomic mass is 10.1. The van der Waals surface area contributed by atoms with Crippen LogP contribution in [0.15, 0.2) is 53.4 Å². The molecule has 0 amide bonds. The number of nitrogens with zero attached hydrogens (tertiary/aromatic N) is 2. The molecule has 1 aromatic heterocycles. The van der Waals surface area contributed by atoms with E-state index in [2.05, 4.69) is 90.7 Å². The van der Waals surface area contributed by atoms with Crippen LogP contribution in [0.25, 0.3) is 10.9 Å². The van der Waals surface area contributed by atoms with Crippen molar-refractivity contribution in [1.29, 1.82) is 0 Å². The molecule has 0 atom stereocenters. The predicted molar refractivity (Wildman–Crippen MR) is 113 cm³/mol. The highest BCUT2D eigenvalue weighted by Gasteiger charge is 2.23. The molecule has 136 valence electrons. The van der Waals surface area contributed by atoms with E-state index in [0.717, 1.165) is 11.8 Å². The van der Waals surface area contributed by atoms with E-state index in [4.69, 9.17) is 0 Å². The van der Waals surface area contributed by atoms with Gasteiger partial charge in [0.05, 0.1) is 0 Å². The normalized spacial score (nSPS) is 16.4. The van der Waals surface area contributed by atoms with Gasteiger partial charge in [-0.15, -0.1) is 11.8 Å². The molecule has 1 aliphatic heterocycles. The average molecular weight is 365 g/mol. The monoisotopic (exact) mass is 364 g/mol. The molecular formula is C23H28N2S. The topological polar surface area (TPSA) is 8.17 Å². The van der Waals surface area contributed by atoms with E-state index < -0.39 is 0 Å². The molecule has 1 fully saturated rings. The van der Waals surface area contributed by atoms with Gasteiger partial charge in [0.25, 0.3) is 0 Å². The van der Waals surface area contributed by atoms with Crippen molar-refractivity contribution >= 4 is 22.7 Å². The number of hydrogen-bond donors (Lipinski definition) is 0. The molecule has 0 unspecified atom stereocenters. The van der Waals surface area contributed by atoms with Crippen LogP contribution in [0, 0.1) is 13.8 Å². The van der Waals surface area contributed by atoms with Gasteiger partial charge in [-0.25, -0.2) is 0 Å². The molecule has 2 aromatic carbocycles. The summed E-state index contributed by atoms with van der Waals surface area (Å²) in [4.78, 5) is 4.10. The average Bonchev–Trinajstić information content (AvgIpc) is 2.88. The van der Waals surface area contributed by atoms with E-state index in [1.54, 1.807) is 0 Å². The second-order valence-corrected chi connectivity index (χ2v) is 8.88. The van der Waals surface area contributed by atoms with Gasteiger partial charge in [-0.3, -0.25) is 4.90 Å². The summed E-state index contributed by atoms with van der Waals surface area (Å²) in [5.41, 5.74) is 5.54. The molecule has 0 saturated carbocycles. The number of hydrogen-bond acceptors (Lipinski definition) is 2. The van der Waals surface area contributed by atoms with Gasteiger partial charge in [-0.1, -0.05) is 42.0 Å². The van der Waals surface area contributed by atoms with Crippen LogP contribution < -0.4 is 0 Å². The molecule has 2 nitrogen and oxygen atoms in total. The minimum atomic E-state index is 0.729. The van der Waals surface area contributed by atoms with Crippen molar-refractivity contribution in [1.82, 2.24) is 9.47 Å². The Bertz CT molecular complexity index is 889. The van der Waals surface area contributed by atoms with Crippen LogP contribution in [-0.2, 0) is 13.6 Å². The van der Waals surface area contributed by atoms with Crippen LogP contribution in [0.4, 0.5) is 0 Å². The molecule has 3 heteroatoms. The van der Waals surface area contributed by atoms with E-state index in [0.29, 0.717) is 0 Å². The molecule has 4 rings (SSSR count). The third kappa shape index (κ3) is 3.56. The van der Waals surface area contributed by atoms with E-state index in [1.807, 2.05) is 0 Å². The van der Waals surface area contributed by atoms with Crippen molar-refractivity contribution < 1.29 is 0 Å². The lowest BCUT2D eigenvalue weighted by Crippen LogP contribution is -2.34. The summed E-state index contributed by atoms with van der Waals surface area (Å²) >= 11 is 2.11. The highest BCUT2D eigenvalue weighted by Crippen LogP contribution is 2.39. The fourth-order valence-corrected chi connectivity index (χ4v) is 5.37. The largest absolute Gasteiger partial charge is 0.347 e. The van der Waals surface area contributed by atoms with Crippen molar-refractivity contribution in [3.8, 4) is 0 Å². The molecule has 0 bridgehead atoms. The zero-order valence-electron chi connectivity index (χ0n) is 16.0. The van der Waals surface area contributed by atoms with E-state index >= 15 is 0 Å². The molecule has 1 saturated heterocycles. The number of likely N-dealkylation sites (tertiary alicyclic amines) is 1. The predicted octanol–water partition coefficient (Wildman–Crippen LogP) is 5.55. The van der Waals surface area contributed by atoms with Gasteiger partial charge in [0.1, 0.15) is 0 Å². The Morgan fingerprint density at radius 1 is 1.00 bits per heavy atom. The maximum absolute atomic E-state index is 2.60. The Hall–Kier alpha value is -1.71. The molecule has 1 aliphatic rings. The summed E-state index contributed by atoms with van der Waals surface area (Å²) < 4.78 is 2.35. The summed E-state index contributed by atoms with van der Waals surface area (Å²) in [6.07, 6.45) is 2.55. The Labute approximate surface area is 161 Å². The number of benzene rings is 2. The smallest absolute Gasteiger partial charge is 0.0491 e. The Morgan fingerprint density at radius 2 is 1.73 bits per heavy atom. The number of rotatable bonds is 4. The molecule has 3 aromatic rings. The maximum Gasteiger partial charge on any atom is 0.0491 e. The first-order chi connectivity index (χ1) is 12.6. The van der Waals surface area contributed by atoms with Crippen molar-refractivity contribution in [3.05, 3.63) is 65.4 Å². The summed E-state index contributed by atoms with van der Waals surface area (Å²) in [6.45, 7) is 7.95. The number of aryl methyl sites for hydroxylation is 2. The highest BCUT2D eigenvalue weighted by molar-refractivity contribution is 8.00. The molecule has 26 heavy (non-hydrogen) atoms. The number of thioether (sulfide) groups is 1. The third-order valence-electron chi connectivity index (χ3n) is 5.66. The van der Waals surface area contributed by atoms with Crippen LogP contribution in [0.1, 0.15) is 29.7 Å². The zero-order chi connectivity index (χ0) is 18.1. The Kier molecular flexibility index (Phi) is 5.10. The first kappa shape index (κ1) is 17.7. The maximum atomic E-state index is 2.60. The Morgan fingerprint density at radius 3 is 2.46 bits per heavy atom. The molecular weight excluding hydrogens is 336 g/mol. The number of aromatic nitrogens is 1. The van der Waals surface area contributed by atoms with Crippen molar-refractivity contribution in [2.45, 2.75) is 43.4 Å². The van der Waals surface area contributed by atoms with Gasteiger partial charge in [-0.05, 0) is 57.5 Å². The summed E-state index contributed by atoms with van der Waals surface area (Å²) in [5, 5.41) is 2.16. The fourth-order valence-electron chi connectivity index (χ4n) is 3.99. The first-order valence-corrected chi connectivity index (χ1v) is 10.5. The van der Waals surface area contributed by atoms with Crippen LogP contribution >= 0.6 is 11.8 Å². The molecule has 2 heterocycles. The summed E-state index contributed by atoms with van der Waals surface area (Å²) in [6, 6.07) is 17.7. The minimum absolute atomic E-state index is 0.729. The van der Waals surface area contributed by atoms with Gasteiger partial charge < -0.3 is 4.57 Å². The van der Waals surface area contributed by atoms with Crippen LogP contribution in [-0.4, -0.2) is 27.8 Å². The molecule has 0 spiro atoms. The van der Waals surface area contributed by atoms with Gasteiger partial charge in [0.15, 0.2) is 0 Å². The van der Waals surface area contributed by atoms with Crippen molar-refractivity contribution in [2.75, 3.05) is 13.1 Å². The quantitative estimate of drug-likeness (QED) is 0.599. The van der Waals surface area contributed by atoms with Crippen LogP contribution in [0.5, 0.6) is 0 Å². The molecule has 0 N–H and O–H groups in total. The molecule has 0 radical (unpaired) electrons. The summed E-state index contributed by atoms with van der Waals surface area (Å²) in [7, 11) is 2.19. The van der Waals surface area contributed by atoms with E-state index in [9.17, 15) is 0 Å². The number of piperidine rings is 1. The highest BCUT2D eigenvalue weighted by atomic mass is 32.2. The van der Waals surface area contributed by atoms with Gasteiger partial charge in [0.2, 0.25) is 0 Å². The lowest BCUT2D eigenvalue weighted by molar-refractivity contribution is 0.225. The minimum Gasteiger partial charge on any atom is -0.347 e. The SMILES string of the molecule is Cc1ccc2c(c1)c(SC1CCN(Cc3ccccc3)CC1)c(C)n2C. The fraction of sp³-hybridized carbons (Fsp3) is 0.391. The lowest BCUT2D eigenvalue weighted by Gasteiger charge is -2.31. The second-order valence-electron chi connectivity index (χ2n) is 7.57. The van der Waals surface area contributed by atoms with E-state index in [1.165, 1.54) is 58.6 Å². The standard InChI is InChI=1S/C23H28N2S/c1-17-9-10-22-21(15-17)23(18(2)24(22)3)26-20-11-13-25(14-12-20)16-19-7-5-4-6-8-19/h4-10,15,20H,11-14,16H2,1-3H3. The zero-order valence-corrected chi connectivity index (χ0v) is 16.9. The van der Waals surface area contributed by atoms with Crippen LogP contribution in [0.3, 0.4) is 0 Å². The molecule has 0 aliphatic carbocycles. The second kappa shape index (κ2) is 7.50. The van der Waals surface area contributed by atoms with Crippen molar-refractivity contribution in [3.63, 3.8) is 0 Å².